The third-order valence-corrected chi connectivity index (χ3v) is 5.88. The summed E-state index contributed by atoms with van der Waals surface area (Å²) in [5.41, 5.74) is 0.137. The zero-order chi connectivity index (χ0) is 20.8. The average Bonchev–Trinajstić information content (AvgIpc) is 3.36. The van der Waals surface area contributed by atoms with E-state index < -0.39 is 11.9 Å². The van der Waals surface area contributed by atoms with Gasteiger partial charge in [-0.3, -0.25) is 9.20 Å². The van der Waals surface area contributed by atoms with Crippen molar-refractivity contribution in [3.63, 3.8) is 0 Å². The summed E-state index contributed by atoms with van der Waals surface area (Å²) in [6.07, 6.45) is 0.798. The number of aromatic nitrogens is 4. The standard InChI is InChI=1S/C20H23F3N4O2/c1-3-12-7-11(9-16(28)29-4-2)8-13(12)19-26-17(20(21,22)23)15-10-25-18-14(27(15)19)5-6-24-18/h5-6,10-13,24H,3-4,7-9H2,1-2H3. The molecule has 0 radical (unpaired) electrons. The lowest BCUT2D eigenvalue weighted by atomic mass is 9.93. The van der Waals surface area contributed by atoms with Crippen molar-refractivity contribution in [2.24, 2.45) is 11.8 Å². The van der Waals surface area contributed by atoms with Crippen LogP contribution >= 0.6 is 0 Å². The number of rotatable bonds is 5. The van der Waals surface area contributed by atoms with Gasteiger partial charge in [-0.2, -0.15) is 13.2 Å². The van der Waals surface area contributed by atoms with Crippen molar-refractivity contribution in [2.75, 3.05) is 6.61 Å². The van der Waals surface area contributed by atoms with E-state index in [4.69, 9.17) is 4.74 Å². The van der Waals surface area contributed by atoms with Gasteiger partial charge in [0.05, 0.1) is 23.8 Å². The van der Waals surface area contributed by atoms with Gasteiger partial charge in [0.15, 0.2) is 11.3 Å². The summed E-state index contributed by atoms with van der Waals surface area (Å²) in [4.78, 5) is 23.1. The summed E-state index contributed by atoms with van der Waals surface area (Å²) in [7, 11) is 0. The Bertz CT molecular complexity index is 1040. The van der Waals surface area contributed by atoms with E-state index in [0.717, 1.165) is 12.8 Å². The second kappa shape index (κ2) is 7.35. The van der Waals surface area contributed by atoms with Gasteiger partial charge in [0, 0.05) is 18.5 Å². The van der Waals surface area contributed by atoms with Crippen LogP contribution in [0.2, 0.25) is 0 Å². The maximum atomic E-state index is 13.7. The van der Waals surface area contributed by atoms with Gasteiger partial charge in [-0.15, -0.1) is 0 Å². The van der Waals surface area contributed by atoms with Gasteiger partial charge in [0.25, 0.3) is 0 Å². The molecule has 4 rings (SSSR count). The van der Waals surface area contributed by atoms with Crippen LogP contribution in [0.5, 0.6) is 0 Å². The Balaban J connectivity index is 1.80. The summed E-state index contributed by atoms with van der Waals surface area (Å²) in [5, 5.41) is 0. The molecule has 3 atom stereocenters. The molecule has 1 N–H and O–H groups in total. The van der Waals surface area contributed by atoms with Crippen molar-refractivity contribution in [1.82, 2.24) is 19.4 Å². The maximum absolute atomic E-state index is 13.7. The minimum Gasteiger partial charge on any atom is -0.466 e. The van der Waals surface area contributed by atoms with Crippen LogP contribution in [0.15, 0.2) is 18.5 Å². The highest BCUT2D eigenvalue weighted by molar-refractivity contribution is 5.76. The van der Waals surface area contributed by atoms with Crippen LogP contribution in [0.1, 0.15) is 57.0 Å². The molecule has 1 saturated carbocycles. The molecule has 3 unspecified atom stereocenters. The molecule has 29 heavy (non-hydrogen) atoms. The maximum Gasteiger partial charge on any atom is 0.435 e. The van der Waals surface area contributed by atoms with E-state index in [9.17, 15) is 18.0 Å². The first kappa shape index (κ1) is 19.7. The molecular weight excluding hydrogens is 385 g/mol. The summed E-state index contributed by atoms with van der Waals surface area (Å²) >= 11 is 0. The Hall–Kier alpha value is -2.58. The van der Waals surface area contributed by atoms with E-state index in [1.54, 1.807) is 23.6 Å². The second-order valence-electron chi connectivity index (χ2n) is 7.63. The number of esters is 1. The molecule has 0 amide bonds. The van der Waals surface area contributed by atoms with Gasteiger partial charge in [0.2, 0.25) is 0 Å². The first-order chi connectivity index (χ1) is 13.8. The van der Waals surface area contributed by atoms with E-state index in [0.29, 0.717) is 30.0 Å². The SMILES string of the molecule is CCOC(=O)CC1CC(CC)C(c2nc(C(F)(F)F)c3cnc4[nH]ccc4n23)C1. The number of H-pyrrole nitrogens is 1. The monoisotopic (exact) mass is 408 g/mol. The Morgan fingerprint density at radius 2 is 2.10 bits per heavy atom. The number of aromatic amines is 1. The van der Waals surface area contributed by atoms with Gasteiger partial charge >= 0.3 is 12.1 Å². The Kier molecular flexibility index (Phi) is 5.00. The molecule has 3 aromatic heterocycles. The number of halogens is 3. The van der Waals surface area contributed by atoms with E-state index in [1.165, 1.54) is 6.20 Å². The number of imidazole rings is 1. The first-order valence-electron chi connectivity index (χ1n) is 9.90. The fourth-order valence-corrected chi connectivity index (χ4v) is 4.67. The molecule has 3 aromatic rings. The predicted octanol–water partition coefficient (Wildman–Crippen LogP) is 4.70. The van der Waals surface area contributed by atoms with Gasteiger partial charge in [0.1, 0.15) is 5.82 Å². The van der Waals surface area contributed by atoms with Gasteiger partial charge in [-0.1, -0.05) is 13.3 Å². The molecule has 1 aliphatic carbocycles. The fraction of sp³-hybridized carbons (Fsp3) is 0.550. The molecule has 0 aliphatic heterocycles. The third kappa shape index (κ3) is 3.47. The van der Waals surface area contributed by atoms with Crippen LogP contribution < -0.4 is 0 Å². The van der Waals surface area contributed by atoms with Crippen molar-refractivity contribution in [1.29, 1.82) is 0 Å². The molecule has 3 heterocycles. The lowest BCUT2D eigenvalue weighted by Crippen LogP contribution is -2.10. The molecule has 0 saturated heterocycles. The van der Waals surface area contributed by atoms with Crippen molar-refractivity contribution >= 4 is 22.6 Å². The second-order valence-corrected chi connectivity index (χ2v) is 7.63. The number of ether oxygens (including phenoxy) is 1. The third-order valence-electron chi connectivity index (χ3n) is 5.88. The van der Waals surface area contributed by atoms with E-state index in [2.05, 4.69) is 15.0 Å². The van der Waals surface area contributed by atoms with Gasteiger partial charge < -0.3 is 9.72 Å². The largest absolute Gasteiger partial charge is 0.466 e. The molecular formula is C20H23F3N4O2. The number of fused-ring (bicyclic) bond motifs is 3. The normalized spacial score (nSPS) is 22.6. The molecule has 6 nitrogen and oxygen atoms in total. The summed E-state index contributed by atoms with van der Waals surface area (Å²) in [6, 6.07) is 1.71. The van der Waals surface area contributed by atoms with Crippen LogP contribution in [-0.4, -0.2) is 31.9 Å². The van der Waals surface area contributed by atoms with E-state index >= 15 is 0 Å². The lowest BCUT2D eigenvalue weighted by molar-refractivity contribution is -0.144. The van der Waals surface area contributed by atoms with E-state index in [1.807, 2.05) is 6.92 Å². The Morgan fingerprint density at radius 1 is 1.31 bits per heavy atom. The quantitative estimate of drug-likeness (QED) is 0.621. The smallest absolute Gasteiger partial charge is 0.435 e. The molecule has 0 spiro atoms. The minimum absolute atomic E-state index is 0.0386. The minimum atomic E-state index is -4.57. The number of hydrogen-bond acceptors (Lipinski definition) is 4. The van der Waals surface area contributed by atoms with E-state index in [-0.39, 0.29) is 35.7 Å². The molecule has 0 bridgehead atoms. The van der Waals surface area contributed by atoms with Gasteiger partial charge in [-0.05, 0) is 37.7 Å². The Morgan fingerprint density at radius 3 is 2.79 bits per heavy atom. The molecule has 0 aromatic carbocycles. The van der Waals surface area contributed by atoms with Gasteiger partial charge in [-0.25, -0.2) is 9.97 Å². The first-order valence-corrected chi connectivity index (χ1v) is 9.90. The van der Waals surface area contributed by atoms with Crippen LogP contribution in [0.3, 0.4) is 0 Å². The Labute approximate surface area is 165 Å². The zero-order valence-electron chi connectivity index (χ0n) is 16.3. The highest BCUT2D eigenvalue weighted by atomic mass is 19.4. The molecule has 1 aliphatic rings. The van der Waals surface area contributed by atoms with Crippen molar-refractivity contribution in [2.45, 2.75) is 51.6 Å². The topological polar surface area (TPSA) is 72.3 Å². The van der Waals surface area contributed by atoms with Crippen LogP contribution in [0, 0.1) is 11.8 Å². The average molecular weight is 408 g/mol. The molecule has 156 valence electrons. The van der Waals surface area contributed by atoms with Crippen LogP contribution in [0.25, 0.3) is 16.7 Å². The van der Waals surface area contributed by atoms with Crippen molar-refractivity contribution in [3.8, 4) is 0 Å². The number of nitrogens with one attached hydrogen (secondary N) is 1. The molecule has 9 heteroatoms. The number of carbonyl (C=O) groups is 1. The number of hydrogen-bond donors (Lipinski definition) is 1. The predicted molar refractivity (Wildman–Crippen MR) is 100 cm³/mol. The number of alkyl halides is 3. The lowest BCUT2D eigenvalue weighted by Gasteiger charge is -2.17. The van der Waals surface area contributed by atoms with Crippen LogP contribution in [-0.2, 0) is 15.7 Å². The molecule has 1 fully saturated rings. The number of carbonyl (C=O) groups excluding carboxylic acids is 1. The summed E-state index contributed by atoms with van der Waals surface area (Å²) in [5.74, 6) is 0.216. The highest BCUT2D eigenvalue weighted by Crippen LogP contribution is 2.47. The van der Waals surface area contributed by atoms with Crippen molar-refractivity contribution < 1.29 is 22.7 Å². The highest BCUT2D eigenvalue weighted by Gasteiger charge is 2.42. The van der Waals surface area contributed by atoms with Crippen LogP contribution in [0.4, 0.5) is 13.2 Å². The fourth-order valence-electron chi connectivity index (χ4n) is 4.67. The summed E-state index contributed by atoms with van der Waals surface area (Å²) < 4.78 is 47.7. The zero-order valence-corrected chi connectivity index (χ0v) is 16.3. The number of nitrogens with zero attached hydrogens (tertiary/aromatic N) is 3. The van der Waals surface area contributed by atoms with Crippen molar-refractivity contribution in [3.05, 3.63) is 30.0 Å². The summed E-state index contributed by atoms with van der Waals surface area (Å²) in [6.45, 7) is 4.11.